The van der Waals surface area contributed by atoms with Crippen LogP contribution < -0.4 is 19.1 Å². The number of aliphatic imine (C=N–C) groups is 1. The van der Waals surface area contributed by atoms with Gasteiger partial charge in [-0.1, -0.05) is 42.5 Å². The van der Waals surface area contributed by atoms with Gasteiger partial charge in [0.25, 0.3) is 5.69 Å². The molecule has 0 aliphatic heterocycles. The summed E-state index contributed by atoms with van der Waals surface area (Å²) in [5.74, 6) is -1.14. The lowest BCUT2D eigenvalue weighted by Crippen LogP contribution is -2.25. The molecule has 0 spiro atoms. The van der Waals surface area contributed by atoms with Gasteiger partial charge in [-0.25, -0.2) is 4.79 Å². The van der Waals surface area contributed by atoms with Gasteiger partial charge in [-0.05, 0) is 53.5 Å². The number of hydrogen-bond acceptors (Lipinski definition) is 10. The number of ether oxygens (including phenoxy) is 3. The van der Waals surface area contributed by atoms with Crippen LogP contribution in [0.4, 0.5) is 5.69 Å². The first-order chi connectivity index (χ1) is 17.5. The summed E-state index contributed by atoms with van der Waals surface area (Å²) >= 11 is 4.56. The molecule has 0 aliphatic rings. The van der Waals surface area contributed by atoms with Crippen molar-refractivity contribution in [2.24, 2.45) is 4.99 Å². The number of thiocarbonyl (C=S) groups is 1. The van der Waals surface area contributed by atoms with E-state index in [1.54, 1.807) is 66.7 Å². The van der Waals surface area contributed by atoms with Crippen LogP contribution in [0.3, 0.4) is 0 Å². The summed E-state index contributed by atoms with van der Waals surface area (Å²) in [5.41, 5.74) is 1.25. The Labute approximate surface area is 209 Å². The van der Waals surface area contributed by atoms with Gasteiger partial charge in [0.05, 0.1) is 22.4 Å². The molecule has 0 unspecified atom stereocenters. The van der Waals surface area contributed by atoms with Crippen molar-refractivity contribution in [2.75, 3.05) is 6.61 Å². The van der Waals surface area contributed by atoms with E-state index in [1.165, 1.54) is 12.1 Å². The molecule has 0 fully saturated rings. The minimum absolute atomic E-state index is 0.0261. The Morgan fingerprint density at radius 3 is 2.47 bits per heavy atom. The fourth-order valence-corrected chi connectivity index (χ4v) is 3.19. The zero-order valence-corrected chi connectivity index (χ0v) is 19.3. The molecule has 0 atom stereocenters. The number of carbonyl (C=O) groups excluding carboxylic acids is 2. The van der Waals surface area contributed by atoms with Crippen LogP contribution in [0.2, 0.25) is 0 Å². The molecule has 4 rings (SSSR count). The number of isothiocyanates is 1. The Bertz CT molecular complexity index is 1420. The smallest absolute Gasteiger partial charge is 0.402 e. The average Bonchev–Trinajstić information content (AvgIpc) is 3.26. The van der Waals surface area contributed by atoms with E-state index in [4.69, 9.17) is 14.2 Å². The van der Waals surface area contributed by atoms with Gasteiger partial charge in [0.2, 0.25) is 0 Å². The van der Waals surface area contributed by atoms with E-state index in [0.29, 0.717) is 11.3 Å². The van der Waals surface area contributed by atoms with Crippen molar-refractivity contribution >= 4 is 35.0 Å². The Morgan fingerprint density at radius 2 is 1.72 bits per heavy atom. The van der Waals surface area contributed by atoms with Gasteiger partial charge < -0.3 is 19.4 Å². The molecule has 11 heteroatoms. The van der Waals surface area contributed by atoms with Gasteiger partial charge in [-0.15, -0.1) is 0 Å². The Kier molecular flexibility index (Phi) is 7.76. The molecular weight excluding hydrogens is 486 g/mol. The Morgan fingerprint density at radius 1 is 1.00 bits per heavy atom. The number of hydrogen-bond donors (Lipinski definition) is 0. The molecule has 0 radical (unpaired) electrons. The second-order valence-electron chi connectivity index (χ2n) is 7.11. The number of benzene rings is 3. The molecule has 10 nitrogen and oxygen atoms in total. The van der Waals surface area contributed by atoms with Crippen LogP contribution in [0.25, 0.3) is 11.3 Å². The number of carbonyl (C=O) groups is 2. The maximum atomic E-state index is 12.7. The molecular formula is C25H17N3O7S. The highest BCUT2D eigenvalue weighted by atomic mass is 32.1. The fraction of sp³-hybridized carbons (Fsp3) is 0.0800. The van der Waals surface area contributed by atoms with Crippen molar-refractivity contribution in [2.45, 2.75) is 6.42 Å². The molecule has 0 saturated heterocycles. The molecule has 3 aromatic carbocycles. The van der Waals surface area contributed by atoms with Crippen LogP contribution >= 0.6 is 12.2 Å². The third kappa shape index (κ3) is 5.98. The molecule has 1 aromatic heterocycles. The molecule has 36 heavy (non-hydrogen) atoms. The van der Waals surface area contributed by atoms with Crippen LogP contribution in [-0.4, -0.2) is 28.9 Å². The minimum atomic E-state index is -0.712. The topological polar surface area (TPSA) is 127 Å². The molecule has 180 valence electrons. The lowest BCUT2D eigenvalue weighted by molar-refractivity contribution is -0.793. The fourth-order valence-electron chi connectivity index (χ4n) is 3.09. The van der Waals surface area contributed by atoms with Crippen molar-refractivity contribution in [1.29, 1.82) is 0 Å². The predicted molar refractivity (Wildman–Crippen MR) is 129 cm³/mol. The summed E-state index contributed by atoms with van der Waals surface area (Å²) in [6, 6.07) is 21.2. The zero-order valence-electron chi connectivity index (χ0n) is 18.5. The quantitative estimate of drug-likeness (QED) is 0.108. The number of aromatic nitrogens is 2. The van der Waals surface area contributed by atoms with E-state index in [-0.39, 0.29) is 46.6 Å². The lowest BCUT2D eigenvalue weighted by atomic mass is 10.2. The summed E-state index contributed by atoms with van der Waals surface area (Å²) in [4.78, 5) is 29.1. The van der Waals surface area contributed by atoms with Crippen molar-refractivity contribution in [3.63, 3.8) is 0 Å². The van der Waals surface area contributed by atoms with Gasteiger partial charge >= 0.3 is 17.8 Å². The normalized spacial score (nSPS) is 10.2. The summed E-state index contributed by atoms with van der Waals surface area (Å²) in [6.07, 6.45) is -0.189. The minimum Gasteiger partial charge on any atom is -0.454 e. The maximum Gasteiger partial charge on any atom is 0.402 e. The van der Waals surface area contributed by atoms with Crippen molar-refractivity contribution < 1.29 is 33.3 Å². The summed E-state index contributed by atoms with van der Waals surface area (Å²) in [6.45, 7) is -0.144. The van der Waals surface area contributed by atoms with Crippen molar-refractivity contribution in [1.82, 2.24) is 5.16 Å². The number of esters is 2. The van der Waals surface area contributed by atoms with Gasteiger partial charge in [0.1, 0.15) is 23.7 Å². The van der Waals surface area contributed by atoms with E-state index < -0.39 is 11.9 Å². The maximum absolute atomic E-state index is 12.7. The van der Waals surface area contributed by atoms with Crippen LogP contribution in [0.5, 0.6) is 17.4 Å². The van der Waals surface area contributed by atoms with E-state index in [0.717, 1.165) is 0 Å². The van der Waals surface area contributed by atoms with Crippen LogP contribution in [0.15, 0.2) is 88.5 Å². The monoisotopic (exact) mass is 503 g/mol. The highest BCUT2D eigenvalue weighted by Gasteiger charge is 2.23. The second kappa shape index (κ2) is 11.5. The molecule has 4 aromatic rings. The average molecular weight is 503 g/mol. The highest BCUT2D eigenvalue weighted by Crippen LogP contribution is 2.25. The first-order valence-corrected chi connectivity index (χ1v) is 10.9. The molecule has 0 aliphatic carbocycles. The molecule has 0 saturated carbocycles. The van der Waals surface area contributed by atoms with E-state index in [9.17, 15) is 14.8 Å². The lowest BCUT2D eigenvalue weighted by Gasteiger charge is -2.10. The first-order valence-electron chi connectivity index (χ1n) is 10.5. The standard InChI is InChI=1S/C25H17N3O7S/c29-22(14-15-32-24-23(28(31)35-27-24)17-6-2-1-3-7-17)34-21-9-5-4-8-20(21)25(30)33-19-12-10-18(11-13-19)26-16-36/h1-13H,14-15H2. The predicted octanol–water partition coefficient (Wildman–Crippen LogP) is 4.30. The third-order valence-corrected chi connectivity index (χ3v) is 4.82. The van der Waals surface area contributed by atoms with Crippen LogP contribution in [0.1, 0.15) is 16.8 Å². The summed E-state index contributed by atoms with van der Waals surface area (Å²) in [7, 11) is 0. The molecule has 0 bridgehead atoms. The van der Waals surface area contributed by atoms with E-state index in [1.807, 2.05) is 0 Å². The van der Waals surface area contributed by atoms with Crippen LogP contribution in [-0.2, 0) is 4.79 Å². The number of rotatable bonds is 9. The molecule has 0 amide bonds. The van der Waals surface area contributed by atoms with E-state index >= 15 is 0 Å². The second-order valence-corrected chi connectivity index (χ2v) is 7.29. The Hall–Kier alpha value is -4.86. The SMILES string of the molecule is O=C(CCOc1no[n+]([O-])c1-c1ccccc1)Oc1ccccc1C(=O)Oc1ccc(N=C=S)cc1. The highest BCUT2D eigenvalue weighted by molar-refractivity contribution is 7.78. The molecule has 0 N–H and O–H groups in total. The van der Waals surface area contributed by atoms with Gasteiger partial charge in [-0.3, -0.25) is 9.42 Å². The van der Waals surface area contributed by atoms with E-state index in [2.05, 4.69) is 32.2 Å². The first kappa shape index (κ1) is 24.3. The largest absolute Gasteiger partial charge is 0.454 e. The number of nitrogens with zero attached hydrogens (tertiary/aromatic N) is 3. The van der Waals surface area contributed by atoms with Crippen molar-refractivity contribution in [3.05, 3.63) is 89.6 Å². The van der Waals surface area contributed by atoms with Gasteiger partial charge in [0.15, 0.2) is 0 Å². The third-order valence-electron chi connectivity index (χ3n) is 4.73. The van der Waals surface area contributed by atoms with Gasteiger partial charge in [0, 0.05) is 5.56 Å². The van der Waals surface area contributed by atoms with Gasteiger partial charge in [-0.2, -0.15) is 4.99 Å². The Balaban J connectivity index is 1.36. The van der Waals surface area contributed by atoms with Crippen LogP contribution in [0, 0.1) is 5.21 Å². The van der Waals surface area contributed by atoms with Crippen molar-refractivity contribution in [3.8, 4) is 28.6 Å². The zero-order chi connectivity index (χ0) is 25.3. The number of para-hydroxylation sites is 1. The summed E-state index contributed by atoms with van der Waals surface area (Å²) < 4.78 is 20.8. The summed E-state index contributed by atoms with van der Waals surface area (Å²) in [5, 5.41) is 17.8. The molecule has 1 heterocycles.